The first-order valence-electron chi connectivity index (χ1n) is 5.64. The average Bonchev–Trinajstić information content (AvgIpc) is 2.25. The zero-order chi connectivity index (χ0) is 10.7. The molecule has 1 fully saturated rings. The number of hydrogen-bond acceptors (Lipinski definition) is 2. The Bertz CT molecular complexity index is 307. The molecule has 0 unspecified atom stereocenters. The Morgan fingerprint density at radius 3 is 2.73 bits per heavy atom. The molecular formula is C13H19NO. The summed E-state index contributed by atoms with van der Waals surface area (Å²) < 4.78 is 5.47. The van der Waals surface area contributed by atoms with Gasteiger partial charge in [-0.05, 0) is 25.3 Å². The monoisotopic (exact) mass is 205 g/mol. The molecular weight excluding hydrogens is 186 g/mol. The van der Waals surface area contributed by atoms with Crippen molar-refractivity contribution >= 4 is 0 Å². The van der Waals surface area contributed by atoms with Gasteiger partial charge >= 0.3 is 0 Å². The molecule has 1 aromatic rings. The fourth-order valence-corrected chi connectivity index (χ4v) is 2.05. The summed E-state index contributed by atoms with van der Waals surface area (Å²) >= 11 is 0. The molecule has 1 aliphatic heterocycles. The minimum atomic E-state index is 0.306. The molecule has 1 saturated heterocycles. The minimum Gasteiger partial charge on any atom is -0.381 e. The highest BCUT2D eigenvalue weighted by Crippen LogP contribution is 2.18. The van der Waals surface area contributed by atoms with Crippen molar-refractivity contribution in [2.45, 2.75) is 25.8 Å². The number of rotatable bonds is 2. The van der Waals surface area contributed by atoms with Crippen LogP contribution in [-0.2, 0) is 11.2 Å². The zero-order valence-electron chi connectivity index (χ0n) is 9.28. The fourth-order valence-electron chi connectivity index (χ4n) is 2.05. The Morgan fingerprint density at radius 1 is 1.33 bits per heavy atom. The normalized spacial score (nSPS) is 26.5. The van der Waals surface area contributed by atoms with Gasteiger partial charge in [-0.15, -0.1) is 0 Å². The van der Waals surface area contributed by atoms with Gasteiger partial charge in [-0.3, -0.25) is 0 Å². The van der Waals surface area contributed by atoms with Crippen LogP contribution >= 0.6 is 0 Å². The first-order valence-corrected chi connectivity index (χ1v) is 5.64. The topological polar surface area (TPSA) is 35.2 Å². The van der Waals surface area contributed by atoms with Crippen LogP contribution in [0, 0.1) is 12.8 Å². The van der Waals surface area contributed by atoms with Gasteiger partial charge in [0.2, 0.25) is 0 Å². The van der Waals surface area contributed by atoms with Crippen LogP contribution in [-0.4, -0.2) is 19.3 Å². The summed E-state index contributed by atoms with van der Waals surface area (Å²) in [4.78, 5) is 0. The van der Waals surface area contributed by atoms with Crippen molar-refractivity contribution in [3.8, 4) is 0 Å². The van der Waals surface area contributed by atoms with E-state index in [9.17, 15) is 0 Å². The van der Waals surface area contributed by atoms with Gasteiger partial charge in [-0.2, -0.15) is 0 Å². The van der Waals surface area contributed by atoms with Gasteiger partial charge in [-0.1, -0.05) is 29.8 Å². The van der Waals surface area contributed by atoms with Gasteiger partial charge in [0.1, 0.15) is 0 Å². The fraction of sp³-hybridized carbons (Fsp3) is 0.538. The van der Waals surface area contributed by atoms with E-state index in [2.05, 4.69) is 31.2 Å². The van der Waals surface area contributed by atoms with E-state index in [1.54, 1.807) is 0 Å². The molecule has 0 saturated carbocycles. The predicted octanol–water partition coefficient (Wildman–Crippen LogP) is 1.90. The predicted molar refractivity (Wildman–Crippen MR) is 61.8 cm³/mol. The number of nitrogens with two attached hydrogens (primary N) is 1. The Kier molecular flexibility index (Phi) is 3.39. The van der Waals surface area contributed by atoms with Crippen LogP contribution in [0.5, 0.6) is 0 Å². The minimum absolute atomic E-state index is 0.306. The third kappa shape index (κ3) is 2.80. The Morgan fingerprint density at radius 2 is 2.07 bits per heavy atom. The summed E-state index contributed by atoms with van der Waals surface area (Å²) in [6.07, 6.45) is 2.04. The Balaban J connectivity index is 1.98. The maximum atomic E-state index is 6.08. The third-order valence-electron chi connectivity index (χ3n) is 3.15. The molecule has 0 aromatic heterocycles. The molecule has 82 valence electrons. The van der Waals surface area contributed by atoms with E-state index in [1.165, 1.54) is 11.1 Å². The molecule has 1 aromatic carbocycles. The molecule has 2 atom stereocenters. The summed E-state index contributed by atoms with van der Waals surface area (Å²) in [7, 11) is 0. The average molecular weight is 205 g/mol. The summed E-state index contributed by atoms with van der Waals surface area (Å²) in [6, 6.07) is 9.00. The number of aryl methyl sites for hydroxylation is 1. The van der Waals surface area contributed by atoms with E-state index in [0.717, 1.165) is 26.1 Å². The summed E-state index contributed by atoms with van der Waals surface area (Å²) in [6.45, 7) is 3.75. The van der Waals surface area contributed by atoms with Crippen molar-refractivity contribution in [2.75, 3.05) is 13.2 Å². The summed E-state index contributed by atoms with van der Waals surface area (Å²) in [5.41, 5.74) is 8.75. The van der Waals surface area contributed by atoms with Crippen molar-refractivity contribution in [3.63, 3.8) is 0 Å². The molecule has 2 rings (SSSR count). The molecule has 15 heavy (non-hydrogen) atoms. The van der Waals surface area contributed by atoms with Gasteiger partial charge in [0.05, 0.1) is 6.61 Å². The second-order valence-corrected chi connectivity index (χ2v) is 4.48. The maximum absolute atomic E-state index is 6.08. The van der Waals surface area contributed by atoms with Crippen LogP contribution in [0.4, 0.5) is 0 Å². The largest absolute Gasteiger partial charge is 0.381 e. The highest BCUT2D eigenvalue weighted by atomic mass is 16.5. The lowest BCUT2D eigenvalue weighted by molar-refractivity contribution is 0.0422. The molecule has 2 heteroatoms. The van der Waals surface area contributed by atoms with E-state index in [-0.39, 0.29) is 0 Å². The highest BCUT2D eigenvalue weighted by molar-refractivity contribution is 5.21. The quantitative estimate of drug-likeness (QED) is 0.800. The van der Waals surface area contributed by atoms with Crippen molar-refractivity contribution in [2.24, 2.45) is 11.7 Å². The SMILES string of the molecule is Cc1ccc(C[C@H]2COCC[C@H]2N)cc1. The Hall–Kier alpha value is -0.860. The standard InChI is InChI=1S/C13H19NO/c1-10-2-4-11(5-3-10)8-12-9-15-7-6-13(12)14/h2-5,12-13H,6-9,14H2,1H3/t12-,13+/m0/s1. The molecule has 0 bridgehead atoms. The smallest absolute Gasteiger partial charge is 0.0512 e. The van der Waals surface area contributed by atoms with Crippen LogP contribution < -0.4 is 5.73 Å². The lowest BCUT2D eigenvalue weighted by Gasteiger charge is -2.28. The molecule has 0 aliphatic carbocycles. The van der Waals surface area contributed by atoms with E-state index >= 15 is 0 Å². The second-order valence-electron chi connectivity index (χ2n) is 4.48. The van der Waals surface area contributed by atoms with Crippen LogP contribution in [0.2, 0.25) is 0 Å². The van der Waals surface area contributed by atoms with E-state index < -0.39 is 0 Å². The Labute approximate surface area is 91.4 Å². The lowest BCUT2D eigenvalue weighted by atomic mass is 9.90. The highest BCUT2D eigenvalue weighted by Gasteiger charge is 2.22. The zero-order valence-corrected chi connectivity index (χ0v) is 9.28. The van der Waals surface area contributed by atoms with Gasteiger partial charge in [0.25, 0.3) is 0 Å². The first kappa shape index (κ1) is 10.7. The van der Waals surface area contributed by atoms with Gasteiger partial charge in [0, 0.05) is 18.6 Å². The van der Waals surface area contributed by atoms with Crippen LogP contribution in [0.25, 0.3) is 0 Å². The number of ether oxygens (including phenoxy) is 1. The summed E-state index contributed by atoms with van der Waals surface area (Å²) in [5.74, 6) is 0.487. The number of hydrogen-bond donors (Lipinski definition) is 1. The first-order chi connectivity index (χ1) is 7.25. The van der Waals surface area contributed by atoms with Crippen molar-refractivity contribution in [1.82, 2.24) is 0 Å². The van der Waals surface area contributed by atoms with E-state index in [4.69, 9.17) is 10.5 Å². The van der Waals surface area contributed by atoms with Crippen LogP contribution in [0.15, 0.2) is 24.3 Å². The van der Waals surface area contributed by atoms with E-state index in [1.807, 2.05) is 0 Å². The molecule has 0 radical (unpaired) electrons. The van der Waals surface area contributed by atoms with Gasteiger partial charge in [-0.25, -0.2) is 0 Å². The van der Waals surface area contributed by atoms with Crippen molar-refractivity contribution in [3.05, 3.63) is 35.4 Å². The van der Waals surface area contributed by atoms with Gasteiger partial charge in [0.15, 0.2) is 0 Å². The van der Waals surface area contributed by atoms with Crippen molar-refractivity contribution < 1.29 is 4.74 Å². The maximum Gasteiger partial charge on any atom is 0.0512 e. The third-order valence-corrected chi connectivity index (χ3v) is 3.15. The van der Waals surface area contributed by atoms with Crippen molar-refractivity contribution in [1.29, 1.82) is 0 Å². The molecule has 2 N–H and O–H groups in total. The number of benzene rings is 1. The lowest BCUT2D eigenvalue weighted by Crippen LogP contribution is -2.39. The second kappa shape index (κ2) is 4.77. The van der Waals surface area contributed by atoms with Crippen LogP contribution in [0.1, 0.15) is 17.5 Å². The molecule has 0 spiro atoms. The molecule has 1 aliphatic rings. The van der Waals surface area contributed by atoms with Gasteiger partial charge < -0.3 is 10.5 Å². The molecule has 2 nitrogen and oxygen atoms in total. The van der Waals surface area contributed by atoms with E-state index in [0.29, 0.717) is 12.0 Å². The van der Waals surface area contributed by atoms with Crippen LogP contribution in [0.3, 0.4) is 0 Å². The summed E-state index contributed by atoms with van der Waals surface area (Å²) in [5, 5.41) is 0. The molecule has 0 amide bonds. The molecule has 1 heterocycles.